The standard InChI is InChI=1S/C12H13N7O2/c1-18-7-15-11-9(18)2-3-13-12(11)14-4-8-5-19(17-16-8)6-10(20)21/h2-3,5,7H,4,6H2,1H3,(H,13,14)(H,20,21). The molecule has 0 unspecified atom stereocenters. The lowest BCUT2D eigenvalue weighted by Gasteiger charge is -2.03. The second kappa shape index (κ2) is 5.19. The minimum absolute atomic E-state index is 0.207. The number of hydrogen-bond donors (Lipinski definition) is 2. The summed E-state index contributed by atoms with van der Waals surface area (Å²) in [5.74, 6) is -0.305. The van der Waals surface area contributed by atoms with Crippen LogP contribution in [0.2, 0.25) is 0 Å². The summed E-state index contributed by atoms with van der Waals surface area (Å²) in [5.41, 5.74) is 2.38. The molecule has 0 atom stereocenters. The molecular weight excluding hydrogens is 274 g/mol. The van der Waals surface area contributed by atoms with Crippen LogP contribution in [0.5, 0.6) is 0 Å². The van der Waals surface area contributed by atoms with Gasteiger partial charge in [0, 0.05) is 13.2 Å². The number of carboxylic acids is 1. The highest BCUT2D eigenvalue weighted by Crippen LogP contribution is 2.18. The van der Waals surface area contributed by atoms with Crippen molar-refractivity contribution in [2.75, 3.05) is 5.32 Å². The molecule has 0 aromatic carbocycles. The molecule has 3 rings (SSSR count). The highest BCUT2D eigenvalue weighted by molar-refractivity contribution is 5.85. The normalized spacial score (nSPS) is 10.9. The van der Waals surface area contributed by atoms with Crippen LogP contribution < -0.4 is 5.32 Å². The summed E-state index contributed by atoms with van der Waals surface area (Å²) in [4.78, 5) is 19.1. The van der Waals surface area contributed by atoms with Gasteiger partial charge < -0.3 is 15.0 Å². The molecule has 0 bridgehead atoms. The second-order valence-corrected chi connectivity index (χ2v) is 4.54. The van der Waals surface area contributed by atoms with Crippen LogP contribution in [0.1, 0.15) is 5.69 Å². The fraction of sp³-hybridized carbons (Fsp3) is 0.250. The monoisotopic (exact) mass is 287 g/mol. The van der Waals surface area contributed by atoms with Crippen molar-refractivity contribution in [1.29, 1.82) is 0 Å². The first kappa shape index (κ1) is 13.0. The Kier molecular flexibility index (Phi) is 3.22. The van der Waals surface area contributed by atoms with Gasteiger partial charge in [-0.3, -0.25) is 4.79 Å². The Morgan fingerprint density at radius 1 is 1.43 bits per heavy atom. The van der Waals surface area contributed by atoms with Gasteiger partial charge >= 0.3 is 5.97 Å². The number of carbonyl (C=O) groups is 1. The summed E-state index contributed by atoms with van der Waals surface area (Å²) in [5, 5.41) is 19.5. The number of nitrogens with zero attached hydrogens (tertiary/aromatic N) is 6. The van der Waals surface area contributed by atoms with E-state index in [1.54, 1.807) is 18.7 Å². The lowest BCUT2D eigenvalue weighted by Crippen LogP contribution is -2.09. The molecule has 0 aliphatic rings. The summed E-state index contributed by atoms with van der Waals surface area (Å²) in [6, 6.07) is 1.89. The summed E-state index contributed by atoms with van der Waals surface area (Å²) in [6.45, 7) is 0.184. The number of fused-ring (bicyclic) bond motifs is 1. The molecule has 3 aromatic rings. The first-order valence-electron chi connectivity index (χ1n) is 6.24. The lowest BCUT2D eigenvalue weighted by atomic mass is 10.3. The molecule has 0 fully saturated rings. The third kappa shape index (κ3) is 2.66. The van der Waals surface area contributed by atoms with Crippen molar-refractivity contribution < 1.29 is 9.90 Å². The highest BCUT2D eigenvalue weighted by Gasteiger charge is 2.08. The molecule has 3 heterocycles. The Bertz CT molecular complexity index is 792. The first-order chi connectivity index (χ1) is 10.1. The molecule has 9 heteroatoms. The molecule has 0 saturated heterocycles. The molecule has 0 amide bonds. The maximum atomic E-state index is 10.6. The van der Waals surface area contributed by atoms with E-state index in [1.165, 1.54) is 4.68 Å². The van der Waals surface area contributed by atoms with Gasteiger partial charge in [-0.05, 0) is 6.07 Å². The Hall–Kier alpha value is -2.97. The molecule has 0 radical (unpaired) electrons. The number of nitrogens with one attached hydrogen (secondary N) is 1. The van der Waals surface area contributed by atoms with E-state index in [0.717, 1.165) is 11.0 Å². The van der Waals surface area contributed by atoms with E-state index in [0.29, 0.717) is 18.1 Å². The predicted octanol–water partition coefficient (Wildman–Crippen LogP) is 0.256. The zero-order chi connectivity index (χ0) is 14.8. The average Bonchev–Trinajstić information content (AvgIpc) is 3.04. The van der Waals surface area contributed by atoms with Crippen LogP contribution in [0.4, 0.5) is 5.82 Å². The molecule has 0 spiro atoms. The summed E-state index contributed by atoms with van der Waals surface area (Å²) in [6.07, 6.45) is 5.01. The molecule has 21 heavy (non-hydrogen) atoms. The predicted molar refractivity (Wildman–Crippen MR) is 73.5 cm³/mol. The maximum absolute atomic E-state index is 10.6. The van der Waals surface area contributed by atoms with Gasteiger partial charge in [0.05, 0.1) is 24.6 Å². The van der Waals surface area contributed by atoms with Crippen LogP contribution >= 0.6 is 0 Å². The van der Waals surface area contributed by atoms with Crippen LogP contribution in [0.25, 0.3) is 11.0 Å². The van der Waals surface area contributed by atoms with Gasteiger partial charge in [0.15, 0.2) is 5.82 Å². The molecule has 0 aliphatic heterocycles. The van der Waals surface area contributed by atoms with E-state index in [2.05, 4.69) is 25.6 Å². The van der Waals surface area contributed by atoms with Crippen molar-refractivity contribution in [2.45, 2.75) is 13.1 Å². The zero-order valence-electron chi connectivity index (χ0n) is 11.3. The minimum atomic E-state index is -0.959. The minimum Gasteiger partial charge on any atom is -0.480 e. The molecule has 3 aromatic heterocycles. The Labute approximate surface area is 119 Å². The fourth-order valence-electron chi connectivity index (χ4n) is 2.00. The van der Waals surface area contributed by atoms with Crippen molar-refractivity contribution in [1.82, 2.24) is 29.5 Å². The number of imidazole rings is 1. The lowest BCUT2D eigenvalue weighted by molar-refractivity contribution is -0.137. The highest BCUT2D eigenvalue weighted by atomic mass is 16.4. The van der Waals surface area contributed by atoms with E-state index >= 15 is 0 Å². The van der Waals surface area contributed by atoms with Gasteiger partial charge in [0.25, 0.3) is 0 Å². The summed E-state index contributed by atoms with van der Waals surface area (Å²) < 4.78 is 3.18. The van der Waals surface area contributed by atoms with Crippen molar-refractivity contribution in [3.8, 4) is 0 Å². The Balaban J connectivity index is 1.74. The van der Waals surface area contributed by atoms with E-state index < -0.39 is 5.97 Å². The van der Waals surface area contributed by atoms with Gasteiger partial charge in [-0.25, -0.2) is 14.6 Å². The van der Waals surface area contributed by atoms with Gasteiger partial charge in [0.1, 0.15) is 17.8 Å². The maximum Gasteiger partial charge on any atom is 0.325 e. The van der Waals surface area contributed by atoms with Crippen molar-refractivity contribution in [2.24, 2.45) is 7.05 Å². The molecule has 9 nitrogen and oxygen atoms in total. The third-order valence-corrected chi connectivity index (χ3v) is 2.96. The van der Waals surface area contributed by atoms with Crippen LogP contribution in [-0.2, 0) is 24.9 Å². The van der Waals surface area contributed by atoms with E-state index in [4.69, 9.17) is 5.11 Å². The van der Waals surface area contributed by atoms with Crippen molar-refractivity contribution in [3.63, 3.8) is 0 Å². The molecule has 2 N–H and O–H groups in total. The number of anilines is 1. The molecule has 108 valence electrons. The van der Waals surface area contributed by atoms with Gasteiger partial charge in [0.2, 0.25) is 0 Å². The van der Waals surface area contributed by atoms with Crippen molar-refractivity contribution >= 4 is 22.8 Å². The van der Waals surface area contributed by atoms with Crippen molar-refractivity contribution in [3.05, 3.63) is 30.5 Å². The van der Waals surface area contributed by atoms with E-state index in [1.807, 2.05) is 17.7 Å². The molecular formula is C12H13N7O2. The number of hydrogen-bond acceptors (Lipinski definition) is 6. The summed E-state index contributed by atoms with van der Waals surface area (Å²) >= 11 is 0. The van der Waals surface area contributed by atoms with Crippen LogP contribution in [0, 0.1) is 0 Å². The van der Waals surface area contributed by atoms with E-state index in [-0.39, 0.29) is 6.54 Å². The van der Waals surface area contributed by atoms with Gasteiger partial charge in [-0.15, -0.1) is 5.10 Å². The average molecular weight is 287 g/mol. The first-order valence-corrected chi connectivity index (χ1v) is 6.24. The SMILES string of the molecule is Cn1cnc2c(NCc3cn(CC(=O)O)nn3)nccc21. The zero-order valence-corrected chi connectivity index (χ0v) is 11.3. The topological polar surface area (TPSA) is 111 Å². The quantitative estimate of drug-likeness (QED) is 0.692. The number of aromatic nitrogens is 6. The number of carboxylic acid groups (broad SMARTS) is 1. The number of rotatable bonds is 5. The smallest absolute Gasteiger partial charge is 0.325 e. The molecule has 0 saturated carbocycles. The van der Waals surface area contributed by atoms with Gasteiger partial charge in [-0.1, -0.05) is 5.21 Å². The summed E-state index contributed by atoms with van der Waals surface area (Å²) in [7, 11) is 1.91. The van der Waals surface area contributed by atoms with Gasteiger partial charge in [-0.2, -0.15) is 0 Å². The third-order valence-electron chi connectivity index (χ3n) is 2.96. The Morgan fingerprint density at radius 2 is 2.29 bits per heavy atom. The van der Waals surface area contributed by atoms with Crippen LogP contribution in [0.3, 0.4) is 0 Å². The fourth-order valence-corrected chi connectivity index (χ4v) is 2.00. The number of pyridine rings is 1. The van der Waals surface area contributed by atoms with Crippen LogP contribution in [0.15, 0.2) is 24.8 Å². The second-order valence-electron chi connectivity index (χ2n) is 4.54. The molecule has 0 aliphatic carbocycles. The number of aryl methyl sites for hydroxylation is 1. The number of aliphatic carboxylic acids is 1. The Morgan fingerprint density at radius 3 is 3.10 bits per heavy atom. The van der Waals surface area contributed by atoms with Crippen LogP contribution in [-0.4, -0.2) is 40.6 Å². The largest absolute Gasteiger partial charge is 0.480 e. The van der Waals surface area contributed by atoms with E-state index in [9.17, 15) is 4.79 Å².